The van der Waals surface area contributed by atoms with Gasteiger partial charge in [-0.3, -0.25) is 15.0 Å². The number of ether oxygens (including phenoxy) is 1. The van der Waals surface area contributed by atoms with E-state index in [1.54, 1.807) is 6.08 Å². The fraction of sp³-hybridized carbons (Fsp3) is 0.308. The highest BCUT2D eigenvalue weighted by Gasteiger charge is 2.07. The van der Waals surface area contributed by atoms with E-state index in [9.17, 15) is 0 Å². The average Bonchev–Trinajstić information content (AvgIpc) is 2.76. The van der Waals surface area contributed by atoms with Crippen LogP contribution in [0.1, 0.15) is 41.7 Å². The molecule has 32 heavy (non-hydrogen) atoms. The van der Waals surface area contributed by atoms with Gasteiger partial charge in [0.05, 0.1) is 17.1 Å². The lowest BCUT2D eigenvalue weighted by Gasteiger charge is -2.09. The summed E-state index contributed by atoms with van der Waals surface area (Å²) in [6.07, 6.45) is 3.32. The largest absolute Gasteiger partial charge is 0.489 e. The maximum absolute atomic E-state index is 5.67. The predicted molar refractivity (Wildman–Crippen MR) is 128 cm³/mol. The summed E-state index contributed by atoms with van der Waals surface area (Å²) in [5.74, 6) is 0.763. The maximum atomic E-state index is 5.67. The van der Waals surface area contributed by atoms with Crippen LogP contribution in [0.3, 0.4) is 0 Å². The maximum Gasteiger partial charge on any atom is 0.123 e. The van der Waals surface area contributed by atoms with Crippen molar-refractivity contribution < 1.29 is 9.57 Å². The molecule has 0 bridgehead atoms. The number of aromatic nitrogens is 3. The third-order valence-corrected chi connectivity index (χ3v) is 4.70. The first kappa shape index (κ1) is 23.1. The van der Waals surface area contributed by atoms with Crippen LogP contribution in [0.25, 0.3) is 11.4 Å². The molecule has 6 heteroatoms. The van der Waals surface area contributed by atoms with Crippen LogP contribution in [0.15, 0.2) is 60.3 Å². The molecule has 3 aromatic heterocycles. The second kappa shape index (κ2) is 11.2. The molecule has 0 N–H and O–H groups in total. The lowest BCUT2D eigenvalue weighted by molar-refractivity contribution is 0.141. The first-order valence-electron chi connectivity index (χ1n) is 10.8. The second-order valence-corrected chi connectivity index (χ2v) is 7.73. The number of rotatable bonds is 10. The van der Waals surface area contributed by atoms with Crippen LogP contribution in [0.4, 0.5) is 0 Å². The molecule has 0 saturated carbocycles. The summed E-state index contributed by atoms with van der Waals surface area (Å²) in [6.45, 7) is 12.5. The Bertz CT molecular complexity index is 1090. The first-order valence-corrected chi connectivity index (χ1v) is 10.8. The number of hydrogen-bond donors (Lipinski definition) is 0. The fourth-order valence-electron chi connectivity index (χ4n) is 3.30. The van der Waals surface area contributed by atoms with Crippen LogP contribution in [0.5, 0.6) is 5.75 Å². The van der Waals surface area contributed by atoms with Crippen LogP contribution in [-0.2, 0) is 11.3 Å². The smallest absolute Gasteiger partial charge is 0.123 e. The van der Waals surface area contributed by atoms with Gasteiger partial charge in [0.1, 0.15) is 24.7 Å². The number of pyridine rings is 3. The second-order valence-electron chi connectivity index (χ2n) is 7.73. The van der Waals surface area contributed by atoms with Gasteiger partial charge in [-0.25, -0.2) is 0 Å². The highest BCUT2D eigenvalue weighted by molar-refractivity contribution is 5.96. The van der Waals surface area contributed by atoms with Gasteiger partial charge in [0.2, 0.25) is 0 Å². The van der Waals surface area contributed by atoms with E-state index in [1.165, 1.54) is 0 Å². The van der Waals surface area contributed by atoms with Gasteiger partial charge in [0.15, 0.2) is 0 Å². The fourth-order valence-corrected chi connectivity index (χ4v) is 3.30. The van der Waals surface area contributed by atoms with Crippen LogP contribution >= 0.6 is 0 Å². The molecule has 3 rings (SSSR count). The molecular formula is C26H30N4O2. The van der Waals surface area contributed by atoms with Gasteiger partial charge in [-0.1, -0.05) is 23.9 Å². The molecule has 6 nitrogen and oxygen atoms in total. The molecule has 3 aromatic rings. The van der Waals surface area contributed by atoms with Crippen molar-refractivity contribution in [3.63, 3.8) is 0 Å². The molecule has 0 spiro atoms. The van der Waals surface area contributed by atoms with Crippen molar-refractivity contribution in [3.05, 3.63) is 83.5 Å². The Balaban J connectivity index is 1.57. The quantitative estimate of drug-likeness (QED) is 0.186. The summed E-state index contributed by atoms with van der Waals surface area (Å²) in [4.78, 5) is 19.4. The Hall–Kier alpha value is -3.54. The Kier molecular flexibility index (Phi) is 8.08. The minimum Gasteiger partial charge on any atom is -0.489 e. The molecule has 0 atom stereocenters. The van der Waals surface area contributed by atoms with Crippen LogP contribution < -0.4 is 4.74 Å². The third-order valence-electron chi connectivity index (χ3n) is 4.70. The van der Waals surface area contributed by atoms with Gasteiger partial charge in [-0.2, -0.15) is 0 Å². The standard InChI is InChI=1S/C26H30N4O2/c1-6-12-31-23-16-20(4)28-26(17-23)24-11-7-9-22(29-24)10-8-13-32-30-21(5)25-15-18(2)14-19(3)27-25/h6-7,9,11,14-17H,1,8,10,12-13H2,2-5H3/b30-21+. The molecule has 3 heterocycles. The zero-order valence-corrected chi connectivity index (χ0v) is 19.3. The van der Waals surface area contributed by atoms with Crippen molar-refractivity contribution in [1.82, 2.24) is 15.0 Å². The predicted octanol–water partition coefficient (Wildman–Crippen LogP) is 5.40. The normalized spacial score (nSPS) is 11.3. The summed E-state index contributed by atoms with van der Waals surface area (Å²) in [6, 6.07) is 13.8. The van der Waals surface area contributed by atoms with E-state index in [0.29, 0.717) is 13.2 Å². The molecule has 0 amide bonds. The van der Waals surface area contributed by atoms with Crippen molar-refractivity contribution in [2.24, 2.45) is 5.16 Å². The van der Waals surface area contributed by atoms with Crippen molar-refractivity contribution in [3.8, 4) is 17.1 Å². The molecule has 0 fully saturated rings. The zero-order chi connectivity index (χ0) is 22.9. The number of oxime groups is 1. The molecule has 0 aliphatic heterocycles. The lowest BCUT2D eigenvalue weighted by atomic mass is 10.1. The minimum absolute atomic E-state index is 0.456. The topological polar surface area (TPSA) is 69.5 Å². The van der Waals surface area contributed by atoms with E-state index in [1.807, 2.05) is 63.2 Å². The van der Waals surface area contributed by atoms with Gasteiger partial charge in [0, 0.05) is 29.2 Å². The molecule has 166 valence electrons. The third kappa shape index (κ3) is 6.74. The minimum atomic E-state index is 0.456. The van der Waals surface area contributed by atoms with E-state index in [4.69, 9.17) is 14.6 Å². The van der Waals surface area contributed by atoms with Crippen molar-refractivity contribution in [2.75, 3.05) is 13.2 Å². The Morgan fingerprint density at radius 3 is 2.59 bits per heavy atom. The Morgan fingerprint density at radius 2 is 1.81 bits per heavy atom. The summed E-state index contributed by atoms with van der Waals surface area (Å²) in [7, 11) is 0. The van der Waals surface area contributed by atoms with Gasteiger partial charge in [0.25, 0.3) is 0 Å². The van der Waals surface area contributed by atoms with Crippen molar-refractivity contribution in [1.29, 1.82) is 0 Å². The SMILES string of the molecule is C=CCOc1cc(C)nc(-c2cccc(CCCO/N=C(\C)c3cc(C)cc(C)n3)n2)c1. The highest BCUT2D eigenvalue weighted by atomic mass is 16.6. The molecule has 0 aromatic carbocycles. The lowest BCUT2D eigenvalue weighted by Crippen LogP contribution is -2.03. The van der Waals surface area contributed by atoms with Gasteiger partial charge in [-0.05, 0) is 70.4 Å². The molecular weight excluding hydrogens is 400 g/mol. The van der Waals surface area contributed by atoms with E-state index < -0.39 is 0 Å². The first-order chi connectivity index (χ1) is 15.4. The van der Waals surface area contributed by atoms with Crippen molar-refractivity contribution >= 4 is 5.71 Å². The average molecular weight is 431 g/mol. The van der Waals surface area contributed by atoms with Gasteiger partial charge >= 0.3 is 0 Å². The number of hydrogen-bond acceptors (Lipinski definition) is 6. The summed E-state index contributed by atoms with van der Waals surface area (Å²) in [5, 5.41) is 4.22. The van der Waals surface area contributed by atoms with Crippen LogP contribution in [0, 0.1) is 20.8 Å². The summed E-state index contributed by atoms with van der Waals surface area (Å²) >= 11 is 0. The molecule has 0 radical (unpaired) electrons. The van der Waals surface area contributed by atoms with Gasteiger partial charge < -0.3 is 9.57 Å². The highest BCUT2D eigenvalue weighted by Crippen LogP contribution is 2.22. The van der Waals surface area contributed by atoms with E-state index in [0.717, 1.165) is 64.0 Å². The number of aryl methyl sites for hydroxylation is 4. The van der Waals surface area contributed by atoms with Crippen LogP contribution in [-0.4, -0.2) is 33.9 Å². The van der Waals surface area contributed by atoms with E-state index in [2.05, 4.69) is 28.6 Å². The Morgan fingerprint density at radius 1 is 1.00 bits per heavy atom. The summed E-state index contributed by atoms with van der Waals surface area (Å²) in [5.41, 5.74) is 7.25. The Labute approximate surface area is 190 Å². The molecule has 0 unspecified atom stereocenters. The van der Waals surface area contributed by atoms with Gasteiger partial charge in [-0.15, -0.1) is 0 Å². The molecule has 0 aliphatic rings. The van der Waals surface area contributed by atoms with E-state index >= 15 is 0 Å². The van der Waals surface area contributed by atoms with E-state index in [-0.39, 0.29) is 0 Å². The van der Waals surface area contributed by atoms with Crippen molar-refractivity contribution in [2.45, 2.75) is 40.5 Å². The monoisotopic (exact) mass is 430 g/mol. The van der Waals surface area contributed by atoms with Crippen LogP contribution in [0.2, 0.25) is 0 Å². The number of nitrogens with zero attached hydrogens (tertiary/aromatic N) is 4. The molecule has 0 aliphatic carbocycles. The summed E-state index contributed by atoms with van der Waals surface area (Å²) < 4.78 is 5.67. The zero-order valence-electron chi connectivity index (χ0n) is 19.3. The molecule has 0 saturated heterocycles.